The summed E-state index contributed by atoms with van der Waals surface area (Å²) in [6.07, 6.45) is 7.80. The van der Waals surface area contributed by atoms with Crippen molar-refractivity contribution in [3.05, 3.63) is 24.3 Å². The smallest absolute Gasteiger partial charge is 0.122 e. The summed E-state index contributed by atoms with van der Waals surface area (Å²) in [6.45, 7) is 1.89. The molecule has 0 heterocycles. The van der Waals surface area contributed by atoms with Crippen LogP contribution in [0.1, 0.15) is 38.5 Å². The van der Waals surface area contributed by atoms with Gasteiger partial charge in [-0.15, -0.1) is 0 Å². The Labute approximate surface area is 116 Å². The minimum absolute atomic E-state index is 0.777. The van der Waals surface area contributed by atoms with E-state index in [1.807, 2.05) is 24.3 Å². The topological polar surface area (TPSA) is 30.5 Å². The number of methoxy groups -OCH3 is 1. The van der Waals surface area contributed by atoms with Gasteiger partial charge in [0.1, 0.15) is 11.5 Å². The molecule has 0 atom stereocenters. The first-order chi connectivity index (χ1) is 9.38. The molecule has 3 nitrogen and oxygen atoms in total. The zero-order valence-corrected chi connectivity index (χ0v) is 11.9. The van der Waals surface area contributed by atoms with Crippen molar-refractivity contribution in [1.29, 1.82) is 0 Å². The van der Waals surface area contributed by atoms with E-state index < -0.39 is 0 Å². The molecule has 1 aromatic carbocycles. The lowest BCUT2D eigenvalue weighted by molar-refractivity contribution is 0.302. The third-order valence-electron chi connectivity index (χ3n) is 3.67. The molecule has 1 aliphatic rings. The molecule has 0 aromatic heterocycles. The molecule has 1 fully saturated rings. The molecule has 2 rings (SSSR count). The average Bonchev–Trinajstić information content (AvgIpc) is 2.96. The van der Waals surface area contributed by atoms with Crippen LogP contribution in [0.4, 0.5) is 0 Å². The molecule has 0 spiro atoms. The second kappa shape index (κ2) is 8.05. The minimum Gasteiger partial charge on any atom is -0.497 e. The molecular formula is C16H25NO2. The second-order valence-corrected chi connectivity index (χ2v) is 5.17. The van der Waals surface area contributed by atoms with Crippen LogP contribution in [0.15, 0.2) is 24.3 Å². The molecule has 0 radical (unpaired) electrons. The first kappa shape index (κ1) is 14.2. The van der Waals surface area contributed by atoms with Crippen molar-refractivity contribution in [3.63, 3.8) is 0 Å². The van der Waals surface area contributed by atoms with Crippen molar-refractivity contribution in [1.82, 2.24) is 5.32 Å². The highest BCUT2D eigenvalue weighted by Gasteiger charge is 2.12. The Hall–Kier alpha value is -1.22. The molecule has 0 aliphatic heterocycles. The van der Waals surface area contributed by atoms with Crippen LogP contribution in [0.25, 0.3) is 0 Å². The summed E-state index contributed by atoms with van der Waals surface area (Å²) in [5, 5.41) is 3.62. The SMILES string of the molecule is COc1cccc(OCCCCNC2CCCC2)c1. The quantitative estimate of drug-likeness (QED) is 0.729. The van der Waals surface area contributed by atoms with Gasteiger partial charge in [0.05, 0.1) is 13.7 Å². The molecule has 1 saturated carbocycles. The lowest BCUT2D eigenvalue weighted by Crippen LogP contribution is -2.27. The summed E-state index contributed by atoms with van der Waals surface area (Å²) in [7, 11) is 1.67. The maximum Gasteiger partial charge on any atom is 0.122 e. The number of unbranched alkanes of at least 4 members (excludes halogenated alkanes) is 1. The highest BCUT2D eigenvalue weighted by Crippen LogP contribution is 2.19. The first-order valence-electron chi connectivity index (χ1n) is 7.39. The number of benzene rings is 1. The van der Waals surface area contributed by atoms with Crippen LogP contribution < -0.4 is 14.8 Å². The van der Waals surface area contributed by atoms with E-state index in [4.69, 9.17) is 9.47 Å². The Kier molecular flexibility index (Phi) is 6.02. The fourth-order valence-corrected chi connectivity index (χ4v) is 2.54. The molecule has 0 saturated heterocycles. The van der Waals surface area contributed by atoms with E-state index in [9.17, 15) is 0 Å². The Balaban J connectivity index is 1.53. The first-order valence-corrected chi connectivity index (χ1v) is 7.39. The summed E-state index contributed by atoms with van der Waals surface area (Å²) < 4.78 is 10.9. The zero-order valence-electron chi connectivity index (χ0n) is 11.9. The van der Waals surface area contributed by atoms with Gasteiger partial charge in [0.2, 0.25) is 0 Å². The predicted octanol–water partition coefficient (Wildman–Crippen LogP) is 3.39. The Morgan fingerprint density at radius 3 is 2.74 bits per heavy atom. The van der Waals surface area contributed by atoms with Gasteiger partial charge < -0.3 is 14.8 Å². The standard InChI is InChI=1S/C16H25NO2/c1-18-15-9-6-10-16(13-15)19-12-5-4-11-17-14-7-2-3-8-14/h6,9-10,13-14,17H,2-5,7-8,11-12H2,1H3. The lowest BCUT2D eigenvalue weighted by atomic mass is 10.2. The minimum atomic E-state index is 0.777. The van der Waals surface area contributed by atoms with Crippen molar-refractivity contribution in [3.8, 4) is 11.5 Å². The van der Waals surface area contributed by atoms with Crippen molar-refractivity contribution in [2.24, 2.45) is 0 Å². The number of nitrogens with one attached hydrogen (secondary N) is 1. The van der Waals surface area contributed by atoms with Gasteiger partial charge in [-0.05, 0) is 44.4 Å². The summed E-state index contributed by atoms with van der Waals surface area (Å²) in [5.41, 5.74) is 0. The number of rotatable bonds is 8. The van der Waals surface area contributed by atoms with E-state index in [-0.39, 0.29) is 0 Å². The van der Waals surface area contributed by atoms with Gasteiger partial charge in [-0.2, -0.15) is 0 Å². The summed E-state index contributed by atoms with van der Waals surface area (Å²) in [5.74, 6) is 1.74. The maximum absolute atomic E-state index is 5.71. The molecule has 106 valence electrons. The average molecular weight is 263 g/mol. The van der Waals surface area contributed by atoms with Gasteiger partial charge in [-0.3, -0.25) is 0 Å². The molecule has 19 heavy (non-hydrogen) atoms. The van der Waals surface area contributed by atoms with Gasteiger partial charge in [0.25, 0.3) is 0 Å². The van der Waals surface area contributed by atoms with Gasteiger partial charge in [-0.1, -0.05) is 18.9 Å². The number of hydrogen-bond donors (Lipinski definition) is 1. The lowest BCUT2D eigenvalue weighted by Gasteiger charge is -2.11. The molecule has 0 bridgehead atoms. The number of ether oxygens (including phenoxy) is 2. The van der Waals surface area contributed by atoms with Crippen molar-refractivity contribution in [2.75, 3.05) is 20.3 Å². The van der Waals surface area contributed by atoms with E-state index in [1.54, 1.807) is 7.11 Å². The fourth-order valence-electron chi connectivity index (χ4n) is 2.54. The van der Waals surface area contributed by atoms with Gasteiger partial charge >= 0.3 is 0 Å². The molecule has 1 aliphatic carbocycles. The fraction of sp³-hybridized carbons (Fsp3) is 0.625. The Morgan fingerprint density at radius 1 is 1.16 bits per heavy atom. The molecule has 3 heteroatoms. The van der Waals surface area contributed by atoms with Crippen LogP contribution in [-0.4, -0.2) is 26.3 Å². The highest BCUT2D eigenvalue weighted by molar-refractivity contribution is 5.32. The van der Waals surface area contributed by atoms with Crippen LogP contribution in [0.2, 0.25) is 0 Å². The molecule has 0 amide bonds. The van der Waals surface area contributed by atoms with Gasteiger partial charge in [0.15, 0.2) is 0 Å². The van der Waals surface area contributed by atoms with Crippen molar-refractivity contribution >= 4 is 0 Å². The Morgan fingerprint density at radius 2 is 1.95 bits per heavy atom. The molecule has 1 aromatic rings. The number of hydrogen-bond acceptors (Lipinski definition) is 3. The van der Waals surface area contributed by atoms with E-state index in [0.29, 0.717) is 0 Å². The molecular weight excluding hydrogens is 238 g/mol. The molecule has 1 N–H and O–H groups in total. The van der Waals surface area contributed by atoms with Gasteiger partial charge in [-0.25, -0.2) is 0 Å². The monoisotopic (exact) mass is 263 g/mol. The predicted molar refractivity (Wildman–Crippen MR) is 78.0 cm³/mol. The van der Waals surface area contributed by atoms with Crippen molar-refractivity contribution < 1.29 is 9.47 Å². The maximum atomic E-state index is 5.71. The van der Waals surface area contributed by atoms with Crippen LogP contribution in [0.3, 0.4) is 0 Å². The van der Waals surface area contributed by atoms with E-state index >= 15 is 0 Å². The van der Waals surface area contributed by atoms with Crippen LogP contribution in [-0.2, 0) is 0 Å². The second-order valence-electron chi connectivity index (χ2n) is 5.17. The summed E-state index contributed by atoms with van der Waals surface area (Å²) in [6, 6.07) is 8.56. The van der Waals surface area contributed by atoms with E-state index in [2.05, 4.69) is 5.32 Å². The van der Waals surface area contributed by atoms with Crippen LogP contribution in [0, 0.1) is 0 Å². The van der Waals surface area contributed by atoms with Gasteiger partial charge in [0, 0.05) is 12.1 Å². The summed E-state index contributed by atoms with van der Waals surface area (Å²) in [4.78, 5) is 0. The molecule has 0 unspecified atom stereocenters. The normalized spacial score (nSPS) is 15.6. The van der Waals surface area contributed by atoms with E-state index in [1.165, 1.54) is 32.1 Å². The highest BCUT2D eigenvalue weighted by atomic mass is 16.5. The summed E-state index contributed by atoms with van der Waals surface area (Å²) >= 11 is 0. The Bertz CT molecular complexity index is 362. The third kappa shape index (κ3) is 5.11. The van der Waals surface area contributed by atoms with E-state index in [0.717, 1.165) is 37.1 Å². The third-order valence-corrected chi connectivity index (χ3v) is 3.67. The largest absolute Gasteiger partial charge is 0.497 e. The zero-order chi connectivity index (χ0) is 13.3. The van der Waals surface area contributed by atoms with Crippen LogP contribution in [0.5, 0.6) is 11.5 Å². The van der Waals surface area contributed by atoms with Crippen LogP contribution >= 0.6 is 0 Å². The van der Waals surface area contributed by atoms with Crippen molar-refractivity contribution in [2.45, 2.75) is 44.6 Å².